The third-order valence-corrected chi connectivity index (χ3v) is 3.93. The molecule has 1 rings (SSSR count). The van der Waals surface area contributed by atoms with Crippen molar-refractivity contribution in [2.75, 3.05) is 0 Å². The molecule has 16 heavy (non-hydrogen) atoms. The molecule has 0 amide bonds. The van der Waals surface area contributed by atoms with Gasteiger partial charge in [-0.05, 0) is 18.3 Å². The second-order valence-corrected chi connectivity index (χ2v) is 5.52. The minimum Gasteiger partial charge on any atom is -0.0654 e. The van der Waals surface area contributed by atoms with E-state index in [4.69, 9.17) is 0 Å². The number of rotatable bonds is 7. The van der Waals surface area contributed by atoms with E-state index in [0.717, 1.165) is 11.8 Å². The van der Waals surface area contributed by atoms with Gasteiger partial charge in [0.2, 0.25) is 0 Å². The summed E-state index contributed by atoms with van der Waals surface area (Å²) in [6, 6.07) is 0. The molecule has 0 bridgehead atoms. The van der Waals surface area contributed by atoms with Crippen molar-refractivity contribution in [3.05, 3.63) is 0 Å². The van der Waals surface area contributed by atoms with Crippen LogP contribution in [0.5, 0.6) is 0 Å². The lowest BCUT2D eigenvalue weighted by Gasteiger charge is -2.33. The first-order valence-electron chi connectivity index (χ1n) is 7.76. The summed E-state index contributed by atoms with van der Waals surface area (Å²) in [5, 5.41) is 0. The maximum atomic E-state index is 2.40. The molecule has 1 saturated carbocycles. The van der Waals surface area contributed by atoms with E-state index in [2.05, 4.69) is 27.7 Å². The first kappa shape index (κ1) is 16.0. The third kappa shape index (κ3) is 8.19. The molecule has 1 fully saturated rings. The smallest absolute Gasteiger partial charge is 0.0388 e. The van der Waals surface area contributed by atoms with Gasteiger partial charge in [-0.2, -0.15) is 0 Å². The van der Waals surface area contributed by atoms with Gasteiger partial charge in [-0.3, -0.25) is 0 Å². The van der Waals surface area contributed by atoms with Crippen molar-refractivity contribution >= 4 is 0 Å². The number of hydrogen-bond acceptors (Lipinski definition) is 0. The summed E-state index contributed by atoms with van der Waals surface area (Å²) in [5.41, 5.74) is 0. The summed E-state index contributed by atoms with van der Waals surface area (Å²) >= 11 is 0. The predicted molar refractivity (Wildman–Crippen MR) is 75.8 cm³/mol. The number of hydrogen-bond donors (Lipinski definition) is 0. The lowest BCUT2D eigenvalue weighted by Crippen LogP contribution is -2.22. The Hall–Kier alpha value is 0. The highest BCUT2D eigenvalue weighted by molar-refractivity contribution is 4.76. The molecular weight excluding hydrogens is 192 g/mol. The van der Waals surface area contributed by atoms with Crippen LogP contribution >= 0.6 is 0 Å². The Morgan fingerprint density at radius 1 is 0.750 bits per heavy atom. The first-order chi connectivity index (χ1) is 7.76. The molecule has 0 heterocycles. The monoisotopic (exact) mass is 226 g/mol. The van der Waals surface area contributed by atoms with Gasteiger partial charge in [-0.25, -0.2) is 0 Å². The molecule has 0 aromatic carbocycles. The Bertz CT molecular complexity index is 124. The largest absolute Gasteiger partial charge is 0.0654 e. The fourth-order valence-electron chi connectivity index (χ4n) is 2.32. The van der Waals surface area contributed by atoms with Crippen LogP contribution in [0.1, 0.15) is 91.9 Å². The van der Waals surface area contributed by atoms with Gasteiger partial charge in [0.25, 0.3) is 0 Å². The molecule has 0 spiro atoms. The Balaban J connectivity index is 0.000000325. The summed E-state index contributed by atoms with van der Waals surface area (Å²) in [7, 11) is 0. The Morgan fingerprint density at radius 3 is 1.56 bits per heavy atom. The SMILES string of the molecule is CCCCCC.CCCCCC1CCC1C. The van der Waals surface area contributed by atoms with Crippen molar-refractivity contribution in [1.29, 1.82) is 0 Å². The second-order valence-electron chi connectivity index (χ2n) is 5.52. The highest BCUT2D eigenvalue weighted by atomic mass is 14.3. The van der Waals surface area contributed by atoms with Gasteiger partial charge in [0.15, 0.2) is 0 Å². The number of unbranched alkanes of at least 4 members (excludes halogenated alkanes) is 5. The molecule has 0 saturated heterocycles. The molecule has 0 N–H and O–H groups in total. The van der Waals surface area contributed by atoms with Gasteiger partial charge in [0, 0.05) is 0 Å². The van der Waals surface area contributed by atoms with E-state index in [1.54, 1.807) is 0 Å². The van der Waals surface area contributed by atoms with Gasteiger partial charge >= 0.3 is 0 Å². The lowest BCUT2D eigenvalue weighted by atomic mass is 9.72. The van der Waals surface area contributed by atoms with Crippen molar-refractivity contribution in [3.63, 3.8) is 0 Å². The molecule has 1 aliphatic rings. The molecular formula is C16H34. The van der Waals surface area contributed by atoms with E-state index in [1.165, 1.54) is 64.2 Å². The van der Waals surface area contributed by atoms with E-state index in [-0.39, 0.29) is 0 Å². The average Bonchev–Trinajstić information content (AvgIpc) is 2.31. The molecule has 0 nitrogen and oxygen atoms in total. The van der Waals surface area contributed by atoms with Crippen LogP contribution in [0.4, 0.5) is 0 Å². The van der Waals surface area contributed by atoms with Crippen molar-refractivity contribution in [3.8, 4) is 0 Å². The van der Waals surface area contributed by atoms with Crippen LogP contribution in [0.15, 0.2) is 0 Å². The van der Waals surface area contributed by atoms with Gasteiger partial charge in [0.1, 0.15) is 0 Å². The molecule has 0 aliphatic heterocycles. The van der Waals surface area contributed by atoms with Gasteiger partial charge in [-0.15, -0.1) is 0 Å². The first-order valence-corrected chi connectivity index (χ1v) is 7.76. The zero-order chi connectivity index (χ0) is 12.2. The molecule has 1 aliphatic carbocycles. The molecule has 0 aromatic heterocycles. The maximum Gasteiger partial charge on any atom is -0.0388 e. The molecule has 98 valence electrons. The highest BCUT2D eigenvalue weighted by Gasteiger charge is 2.25. The van der Waals surface area contributed by atoms with Crippen LogP contribution in [-0.2, 0) is 0 Å². The predicted octanol–water partition coefficient (Wildman–Crippen LogP) is 6.20. The maximum absolute atomic E-state index is 2.40. The molecule has 0 radical (unpaired) electrons. The van der Waals surface area contributed by atoms with Gasteiger partial charge in [-0.1, -0.05) is 85.5 Å². The van der Waals surface area contributed by atoms with Crippen LogP contribution in [0.3, 0.4) is 0 Å². The molecule has 2 atom stereocenters. The Morgan fingerprint density at radius 2 is 1.25 bits per heavy atom. The van der Waals surface area contributed by atoms with Crippen molar-refractivity contribution in [1.82, 2.24) is 0 Å². The molecule has 0 aromatic rings. The summed E-state index contributed by atoms with van der Waals surface area (Å²) in [4.78, 5) is 0. The highest BCUT2D eigenvalue weighted by Crippen LogP contribution is 2.37. The normalized spacial score (nSPS) is 23.2. The van der Waals surface area contributed by atoms with Gasteiger partial charge in [0.05, 0.1) is 0 Å². The summed E-state index contributed by atoms with van der Waals surface area (Å²) < 4.78 is 0. The second kappa shape index (κ2) is 11.5. The molecule has 2 unspecified atom stereocenters. The van der Waals surface area contributed by atoms with Crippen molar-refractivity contribution in [2.45, 2.75) is 91.9 Å². The Kier molecular flexibility index (Phi) is 11.5. The van der Waals surface area contributed by atoms with Crippen LogP contribution in [0.2, 0.25) is 0 Å². The zero-order valence-electron chi connectivity index (χ0n) is 12.2. The minimum absolute atomic E-state index is 1.05. The quantitative estimate of drug-likeness (QED) is 0.453. The standard InChI is InChI=1S/C10H20.C6H14/c1-3-4-5-6-10-8-7-9(10)2;1-3-5-6-4-2/h9-10H,3-8H2,1-2H3;3-6H2,1-2H3. The lowest BCUT2D eigenvalue weighted by molar-refractivity contribution is 0.179. The van der Waals surface area contributed by atoms with Crippen LogP contribution in [-0.4, -0.2) is 0 Å². The zero-order valence-corrected chi connectivity index (χ0v) is 12.2. The van der Waals surface area contributed by atoms with E-state index in [9.17, 15) is 0 Å². The average molecular weight is 226 g/mol. The third-order valence-electron chi connectivity index (χ3n) is 3.93. The summed E-state index contributed by atoms with van der Waals surface area (Å²) in [6.07, 6.45) is 14.4. The van der Waals surface area contributed by atoms with E-state index in [0.29, 0.717) is 0 Å². The summed E-state index contributed by atoms with van der Waals surface area (Å²) in [6.45, 7) is 9.15. The fraction of sp³-hybridized carbons (Fsp3) is 1.00. The topological polar surface area (TPSA) is 0 Å². The van der Waals surface area contributed by atoms with Crippen molar-refractivity contribution < 1.29 is 0 Å². The molecule has 0 heteroatoms. The summed E-state index contributed by atoms with van der Waals surface area (Å²) in [5.74, 6) is 2.16. The van der Waals surface area contributed by atoms with Crippen LogP contribution in [0.25, 0.3) is 0 Å². The van der Waals surface area contributed by atoms with E-state index < -0.39 is 0 Å². The van der Waals surface area contributed by atoms with E-state index in [1.807, 2.05) is 0 Å². The Labute approximate surface area is 104 Å². The van der Waals surface area contributed by atoms with Gasteiger partial charge < -0.3 is 0 Å². The minimum atomic E-state index is 1.05. The van der Waals surface area contributed by atoms with Crippen molar-refractivity contribution in [2.24, 2.45) is 11.8 Å². The van der Waals surface area contributed by atoms with E-state index >= 15 is 0 Å². The fourth-order valence-corrected chi connectivity index (χ4v) is 2.32. The van der Waals surface area contributed by atoms with Crippen LogP contribution in [0, 0.1) is 11.8 Å². The van der Waals surface area contributed by atoms with Crippen LogP contribution < -0.4 is 0 Å².